The molecule has 1 fully saturated rings. The molecule has 1 aliphatic heterocycles. The van der Waals surface area contributed by atoms with Gasteiger partial charge in [0.05, 0.1) is 17.8 Å². The second kappa shape index (κ2) is 5.65. The van der Waals surface area contributed by atoms with Gasteiger partial charge in [-0.3, -0.25) is 0 Å². The molecule has 0 N–H and O–H groups in total. The van der Waals surface area contributed by atoms with E-state index in [-0.39, 0.29) is 18.3 Å². The summed E-state index contributed by atoms with van der Waals surface area (Å²) >= 11 is 0. The Morgan fingerprint density at radius 3 is 2.16 bits per heavy atom. The van der Waals surface area contributed by atoms with Gasteiger partial charge in [0.15, 0.2) is 0 Å². The summed E-state index contributed by atoms with van der Waals surface area (Å²) in [6, 6.07) is 10.2. The minimum atomic E-state index is -0.253. The van der Waals surface area contributed by atoms with Gasteiger partial charge in [0.2, 0.25) is 0 Å². The van der Waals surface area contributed by atoms with Gasteiger partial charge < -0.3 is 14.0 Å². The zero-order chi connectivity index (χ0) is 13.9. The van der Waals surface area contributed by atoms with Crippen LogP contribution in [0.3, 0.4) is 0 Å². The van der Waals surface area contributed by atoms with Gasteiger partial charge in [0.1, 0.15) is 0 Å². The maximum absolute atomic E-state index is 5.91. The van der Waals surface area contributed by atoms with E-state index >= 15 is 0 Å². The Labute approximate surface area is 116 Å². The highest BCUT2D eigenvalue weighted by Gasteiger charge is 2.50. The summed E-state index contributed by atoms with van der Waals surface area (Å²) in [5, 5.41) is 0. The van der Waals surface area contributed by atoms with E-state index in [4.69, 9.17) is 14.0 Å². The van der Waals surface area contributed by atoms with E-state index in [1.54, 1.807) is 0 Å². The number of hydrogen-bond donors (Lipinski definition) is 0. The van der Waals surface area contributed by atoms with E-state index in [0.717, 1.165) is 6.32 Å². The van der Waals surface area contributed by atoms with Gasteiger partial charge >= 0.3 is 7.12 Å². The van der Waals surface area contributed by atoms with Crippen LogP contribution in [-0.2, 0) is 20.7 Å². The van der Waals surface area contributed by atoms with E-state index in [0.29, 0.717) is 13.2 Å². The van der Waals surface area contributed by atoms with Gasteiger partial charge in [0, 0.05) is 12.9 Å². The molecule has 0 amide bonds. The Morgan fingerprint density at radius 1 is 1.00 bits per heavy atom. The smallest absolute Gasteiger partial charge is 0.403 e. The lowest BCUT2D eigenvalue weighted by atomic mass is 9.86. The molecule has 1 saturated heterocycles. The highest BCUT2D eigenvalue weighted by Crippen LogP contribution is 2.37. The van der Waals surface area contributed by atoms with Crippen molar-refractivity contribution in [2.45, 2.75) is 51.8 Å². The molecule has 3 nitrogen and oxygen atoms in total. The maximum atomic E-state index is 5.91. The summed E-state index contributed by atoms with van der Waals surface area (Å²) in [7, 11) is -0.166. The Balaban J connectivity index is 1.70. The third-order valence-electron chi connectivity index (χ3n) is 3.91. The third kappa shape index (κ3) is 3.59. The Morgan fingerprint density at radius 2 is 1.58 bits per heavy atom. The van der Waals surface area contributed by atoms with Crippen molar-refractivity contribution in [1.29, 1.82) is 0 Å². The molecule has 2 rings (SSSR count). The molecule has 0 radical (unpaired) electrons. The first-order valence-electron chi connectivity index (χ1n) is 6.88. The molecule has 0 unspecified atom stereocenters. The summed E-state index contributed by atoms with van der Waals surface area (Å²) in [4.78, 5) is 0. The average Bonchev–Trinajstić information content (AvgIpc) is 2.55. The first-order valence-corrected chi connectivity index (χ1v) is 6.88. The highest BCUT2D eigenvalue weighted by molar-refractivity contribution is 6.45. The van der Waals surface area contributed by atoms with E-state index < -0.39 is 0 Å². The standard InChI is InChI=1S/C15H23BO3/c1-14(2)15(3,4)19-16(18-14)10-11-17-12-13-8-6-5-7-9-13/h5-9H,10-12H2,1-4H3. The van der Waals surface area contributed by atoms with Crippen molar-refractivity contribution in [1.82, 2.24) is 0 Å². The van der Waals surface area contributed by atoms with Crippen molar-refractivity contribution in [3.8, 4) is 0 Å². The minimum absolute atomic E-state index is 0.166. The number of hydrogen-bond acceptors (Lipinski definition) is 3. The normalized spacial score (nSPS) is 20.7. The molecule has 19 heavy (non-hydrogen) atoms. The van der Waals surface area contributed by atoms with Crippen LogP contribution in [-0.4, -0.2) is 24.9 Å². The largest absolute Gasteiger partial charge is 0.460 e. The van der Waals surface area contributed by atoms with Gasteiger partial charge in [0.25, 0.3) is 0 Å². The quantitative estimate of drug-likeness (QED) is 0.602. The Hall–Kier alpha value is -0.835. The van der Waals surface area contributed by atoms with Gasteiger partial charge in [-0.25, -0.2) is 0 Å². The topological polar surface area (TPSA) is 27.7 Å². The molecule has 104 valence electrons. The van der Waals surface area contributed by atoms with Crippen LogP contribution in [0.5, 0.6) is 0 Å². The van der Waals surface area contributed by atoms with Gasteiger partial charge in [-0.2, -0.15) is 0 Å². The van der Waals surface area contributed by atoms with Crippen LogP contribution in [0.25, 0.3) is 0 Å². The van der Waals surface area contributed by atoms with E-state index in [1.807, 2.05) is 18.2 Å². The first kappa shape index (κ1) is 14.6. The molecular formula is C15H23BO3. The summed E-state index contributed by atoms with van der Waals surface area (Å²) in [5.74, 6) is 0. The molecule has 0 aromatic heterocycles. The lowest BCUT2D eigenvalue weighted by Crippen LogP contribution is -2.41. The molecular weight excluding hydrogens is 239 g/mol. The fraction of sp³-hybridized carbons (Fsp3) is 0.600. The number of benzene rings is 1. The van der Waals surface area contributed by atoms with Crippen LogP contribution in [0.1, 0.15) is 33.3 Å². The van der Waals surface area contributed by atoms with Crippen LogP contribution >= 0.6 is 0 Å². The molecule has 0 saturated carbocycles. The predicted molar refractivity (Wildman–Crippen MR) is 77.0 cm³/mol. The molecule has 1 aliphatic rings. The molecule has 0 spiro atoms. The fourth-order valence-electron chi connectivity index (χ4n) is 2.03. The maximum Gasteiger partial charge on any atom is 0.460 e. The monoisotopic (exact) mass is 262 g/mol. The van der Waals surface area contributed by atoms with Crippen LogP contribution in [0, 0.1) is 0 Å². The molecule has 0 bridgehead atoms. The third-order valence-corrected chi connectivity index (χ3v) is 3.91. The predicted octanol–water partition coefficient (Wildman–Crippen LogP) is 3.30. The van der Waals surface area contributed by atoms with Crippen molar-refractivity contribution in [2.24, 2.45) is 0 Å². The Bertz CT molecular complexity index is 387. The molecule has 1 aromatic carbocycles. The fourth-order valence-corrected chi connectivity index (χ4v) is 2.03. The van der Waals surface area contributed by atoms with Crippen molar-refractivity contribution >= 4 is 7.12 Å². The summed E-state index contributed by atoms with van der Waals surface area (Å²) < 4.78 is 17.5. The second-order valence-corrected chi connectivity index (χ2v) is 6.01. The van der Waals surface area contributed by atoms with Crippen LogP contribution < -0.4 is 0 Å². The lowest BCUT2D eigenvalue weighted by Gasteiger charge is -2.32. The SMILES string of the molecule is CC1(C)OB(CCOCc2ccccc2)OC1(C)C. The first-order chi connectivity index (χ1) is 8.91. The molecule has 4 heteroatoms. The van der Waals surface area contributed by atoms with Crippen LogP contribution in [0.4, 0.5) is 0 Å². The van der Waals surface area contributed by atoms with Crippen LogP contribution in [0.15, 0.2) is 30.3 Å². The van der Waals surface area contributed by atoms with E-state index in [1.165, 1.54) is 5.56 Å². The van der Waals surface area contributed by atoms with Crippen molar-refractivity contribution in [3.05, 3.63) is 35.9 Å². The molecule has 1 aromatic rings. The second-order valence-electron chi connectivity index (χ2n) is 6.01. The van der Waals surface area contributed by atoms with Crippen LogP contribution in [0.2, 0.25) is 6.32 Å². The lowest BCUT2D eigenvalue weighted by molar-refractivity contribution is 0.00578. The van der Waals surface area contributed by atoms with E-state index in [2.05, 4.69) is 39.8 Å². The molecule has 0 aliphatic carbocycles. The molecule has 1 heterocycles. The van der Waals surface area contributed by atoms with Crippen molar-refractivity contribution in [3.63, 3.8) is 0 Å². The summed E-state index contributed by atoms with van der Waals surface area (Å²) in [6.45, 7) is 9.55. The summed E-state index contributed by atoms with van der Waals surface area (Å²) in [6.07, 6.45) is 0.764. The zero-order valence-corrected chi connectivity index (χ0v) is 12.3. The van der Waals surface area contributed by atoms with Gasteiger partial charge in [-0.1, -0.05) is 30.3 Å². The summed E-state index contributed by atoms with van der Waals surface area (Å²) in [5.41, 5.74) is 0.685. The Kier molecular flexibility index (Phi) is 4.34. The van der Waals surface area contributed by atoms with Crippen molar-refractivity contribution < 1.29 is 14.0 Å². The molecule has 0 atom stereocenters. The average molecular weight is 262 g/mol. The highest BCUT2D eigenvalue weighted by atomic mass is 16.7. The zero-order valence-electron chi connectivity index (χ0n) is 12.3. The number of rotatable bonds is 5. The van der Waals surface area contributed by atoms with E-state index in [9.17, 15) is 0 Å². The number of ether oxygens (including phenoxy) is 1. The van der Waals surface area contributed by atoms with Gasteiger partial charge in [-0.15, -0.1) is 0 Å². The minimum Gasteiger partial charge on any atom is -0.403 e. The van der Waals surface area contributed by atoms with Crippen molar-refractivity contribution in [2.75, 3.05) is 6.61 Å². The van der Waals surface area contributed by atoms with Gasteiger partial charge in [-0.05, 0) is 33.3 Å².